The van der Waals surface area contributed by atoms with Gasteiger partial charge in [-0.3, -0.25) is 9.59 Å². The number of hydrogen-bond donors (Lipinski definition) is 3. The lowest BCUT2D eigenvalue weighted by Gasteiger charge is -2.45. The zero-order valence-electron chi connectivity index (χ0n) is 21.8. The second-order valence-corrected chi connectivity index (χ2v) is 10.1. The fourth-order valence-corrected chi connectivity index (χ4v) is 5.36. The van der Waals surface area contributed by atoms with Crippen molar-refractivity contribution in [2.24, 2.45) is 0 Å². The van der Waals surface area contributed by atoms with Gasteiger partial charge in [-0.2, -0.15) is 9.61 Å². The molecular weight excluding hydrogens is 474 g/mol. The van der Waals surface area contributed by atoms with Gasteiger partial charge in [-0.1, -0.05) is 0 Å². The lowest BCUT2D eigenvalue weighted by Crippen LogP contribution is -2.59. The highest BCUT2D eigenvalue weighted by atomic mass is 16.5. The highest BCUT2D eigenvalue weighted by molar-refractivity contribution is 6.00. The standard InChI is InChI=1S/C26H35N7O4/c1-26(37-4)12-11-20(26)30-24(34)18-15-28-33-22(27-2)14-21(31-23(18)33)29-19-6-5-13-32(25(19)35)16-7-9-17(36-3)10-8-16/h5-6,13-17,20,27H,7-12H2,1-4H3,(H,29,31)(H,30,34)/t16-,17+,20?,26-/m1/s1. The first-order valence-electron chi connectivity index (χ1n) is 12.8. The van der Waals surface area contributed by atoms with Crippen LogP contribution in [0.1, 0.15) is 61.8 Å². The molecule has 0 bridgehead atoms. The number of pyridine rings is 1. The number of carbonyl (C=O) groups is 1. The second kappa shape index (κ2) is 10.1. The minimum atomic E-state index is -0.370. The van der Waals surface area contributed by atoms with E-state index < -0.39 is 0 Å². The monoisotopic (exact) mass is 509 g/mol. The third-order valence-electron chi connectivity index (χ3n) is 8.02. The van der Waals surface area contributed by atoms with E-state index in [4.69, 9.17) is 9.47 Å². The van der Waals surface area contributed by atoms with E-state index in [0.29, 0.717) is 28.5 Å². The first-order chi connectivity index (χ1) is 17.9. The lowest BCUT2D eigenvalue weighted by molar-refractivity contribution is -0.0828. The molecule has 0 saturated heterocycles. The quantitative estimate of drug-likeness (QED) is 0.423. The maximum absolute atomic E-state index is 13.3. The minimum Gasteiger partial charge on any atom is -0.381 e. The number of ether oxygens (including phenoxy) is 2. The lowest BCUT2D eigenvalue weighted by atomic mass is 9.76. The van der Waals surface area contributed by atoms with Gasteiger partial charge in [0.1, 0.15) is 22.9 Å². The van der Waals surface area contributed by atoms with Gasteiger partial charge in [-0.15, -0.1) is 0 Å². The molecule has 2 saturated carbocycles. The Labute approximate surface area is 215 Å². The molecule has 0 radical (unpaired) electrons. The number of rotatable bonds is 8. The molecule has 2 aliphatic carbocycles. The molecule has 2 fully saturated rings. The molecule has 2 atom stereocenters. The largest absolute Gasteiger partial charge is 0.381 e. The summed E-state index contributed by atoms with van der Waals surface area (Å²) in [4.78, 5) is 31.2. The van der Waals surface area contributed by atoms with Gasteiger partial charge in [0.2, 0.25) is 0 Å². The molecule has 1 amide bonds. The van der Waals surface area contributed by atoms with Crippen LogP contribution in [0, 0.1) is 0 Å². The summed E-state index contributed by atoms with van der Waals surface area (Å²) in [5, 5.41) is 13.7. The number of amides is 1. The average molecular weight is 510 g/mol. The van der Waals surface area contributed by atoms with Gasteiger partial charge in [-0.25, -0.2) is 4.98 Å². The fraction of sp³-hybridized carbons (Fsp3) is 0.538. The zero-order chi connectivity index (χ0) is 26.2. The number of fused-ring (bicyclic) bond motifs is 1. The average Bonchev–Trinajstić information content (AvgIpc) is 3.35. The molecule has 37 heavy (non-hydrogen) atoms. The van der Waals surface area contributed by atoms with Crippen LogP contribution in [0.25, 0.3) is 5.65 Å². The minimum absolute atomic E-state index is 0.0771. The van der Waals surface area contributed by atoms with Gasteiger partial charge < -0.3 is 30.0 Å². The number of hydrogen-bond acceptors (Lipinski definition) is 8. The van der Waals surface area contributed by atoms with Crippen LogP contribution in [0.15, 0.2) is 35.4 Å². The molecule has 0 spiro atoms. The Bertz CT molecular complexity index is 1340. The molecule has 5 rings (SSSR count). The van der Waals surface area contributed by atoms with Crippen LogP contribution in [0.5, 0.6) is 0 Å². The first kappa shape index (κ1) is 25.2. The van der Waals surface area contributed by atoms with Crippen LogP contribution in [-0.4, -0.2) is 64.1 Å². The number of carbonyl (C=O) groups excluding carboxylic acids is 1. The van der Waals surface area contributed by atoms with E-state index in [1.54, 1.807) is 42.5 Å². The predicted molar refractivity (Wildman–Crippen MR) is 141 cm³/mol. The van der Waals surface area contributed by atoms with Crippen molar-refractivity contribution in [2.75, 3.05) is 31.9 Å². The zero-order valence-corrected chi connectivity index (χ0v) is 21.8. The third kappa shape index (κ3) is 4.69. The van der Waals surface area contributed by atoms with E-state index in [2.05, 4.69) is 26.0 Å². The van der Waals surface area contributed by atoms with Crippen LogP contribution in [0.2, 0.25) is 0 Å². The topological polar surface area (TPSA) is 124 Å². The van der Waals surface area contributed by atoms with Gasteiger partial charge in [0.15, 0.2) is 5.65 Å². The Balaban J connectivity index is 1.41. The van der Waals surface area contributed by atoms with Crippen molar-refractivity contribution in [1.82, 2.24) is 24.5 Å². The summed E-state index contributed by atoms with van der Waals surface area (Å²) < 4.78 is 14.4. The van der Waals surface area contributed by atoms with Crippen LogP contribution < -0.4 is 21.5 Å². The maximum Gasteiger partial charge on any atom is 0.274 e. The molecule has 3 heterocycles. The summed E-state index contributed by atoms with van der Waals surface area (Å²) in [6.07, 6.45) is 9.02. The smallest absolute Gasteiger partial charge is 0.274 e. The van der Waals surface area contributed by atoms with E-state index in [1.807, 2.05) is 19.2 Å². The molecular formula is C26H35N7O4. The molecule has 3 aromatic rings. The van der Waals surface area contributed by atoms with Crippen molar-refractivity contribution in [1.29, 1.82) is 0 Å². The Morgan fingerprint density at radius 2 is 1.97 bits per heavy atom. The van der Waals surface area contributed by atoms with Crippen molar-refractivity contribution >= 4 is 28.9 Å². The number of aromatic nitrogens is 4. The van der Waals surface area contributed by atoms with Crippen LogP contribution >= 0.6 is 0 Å². The summed E-state index contributed by atoms with van der Waals surface area (Å²) in [7, 11) is 5.17. The van der Waals surface area contributed by atoms with Crippen LogP contribution in [0.4, 0.5) is 17.3 Å². The molecule has 1 unspecified atom stereocenters. The van der Waals surface area contributed by atoms with Crippen molar-refractivity contribution < 1.29 is 14.3 Å². The Kier molecular flexibility index (Phi) is 6.91. The molecule has 11 heteroatoms. The van der Waals surface area contributed by atoms with E-state index in [9.17, 15) is 9.59 Å². The van der Waals surface area contributed by atoms with E-state index in [0.717, 1.165) is 38.5 Å². The van der Waals surface area contributed by atoms with Crippen LogP contribution in [-0.2, 0) is 9.47 Å². The number of anilines is 3. The van der Waals surface area contributed by atoms with E-state index in [1.165, 1.54) is 6.20 Å². The van der Waals surface area contributed by atoms with Crippen molar-refractivity contribution in [3.63, 3.8) is 0 Å². The molecule has 3 N–H and O–H groups in total. The number of nitrogens with zero attached hydrogens (tertiary/aromatic N) is 4. The Morgan fingerprint density at radius 3 is 2.62 bits per heavy atom. The summed E-state index contributed by atoms with van der Waals surface area (Å²) in [5.74, 6) is 0.809. The van der Waals surface area contributed by atoms with Crippen molar-refractivity contribution in [2.45, 2.75) is 69.2 Å². The normalized spacial score (nSPS) is 25.5. The summed E-state index contributed by atoms with van der Waals surface area (Å²) in [6.45, 7) is 1.99. The SMILES string of the molecule is CNc1cc(Nc2cccn([C@H]3CC[C@@H](OC)CC3)c2=O)nc2c(C(=O)NC3CC[C@@]3(C)OC)cnn12. The van der Waals surface area contributed by atoms with Gasteiger partial charge in [0.25, 0.3) is 11.5 Å². The van der Waals surface area contributed by atoms with Crippen molar-refractivity contribution in [3.05, 3.63) is 46.5 Å². The third-order valence-corrected chi connectivity index (χ3v) is 8.02. The maximum atomic E-state index is 13.3. The number of nitrogens with one attached hydrogen (secondary N) is 3. The molecule has 198 valence electrons. The van der Waals surface area contributed by atoms with E-state index in [-0.39, 0.29) is 35.3 Å². The van der Waals surface area contributed by atoms with Crippen LogP contribution in [0.3, 0.4) is 0 Å². The number of methoxy groups -OCH3 is 2. The van der Waals surface area contributed by atoms with Gasteiger partial charge in [0, 0.05) is 39.6 Å². The van der Waals surface area contributed by atoms with Gasteiger partial charge in [0.05, 0.1) is 23.9 Å². The Morgan fingerprint density at radius 1 is 1.19 bits per heavy atom. The molecule has 0 aliphatic heterocycles. The van der Waals surface area contributed by atoms with Gasteiger partial charge >= 0.3 is 0 Å². The molecule has 0 aromatic carbocycles. The fourth-order valence-electron chi connectivity index (χ4n) is 5.36. The highest BCUT2D eigenvalue weighted by Crippen LogP contribution is 2.35. The van der Waals surface area contributed by atoms with Crippen molar-refractivity contribution in [3.8, 4) is 0 Å². The second-order valence-electron chi connectivity index (χ2n) is 10.1. The first-order valence-corrected chi connectivity index (χ1v) is 12.8. The predicted octanol–water partition coefficient (Wildman–Crippen LogP) is 3.10. The molecule has 3 aromatic heterocycles. The highest BCUT2D eigenvalue weighted by Gasteiger charge is 2.44. The van der Waals surface area contributed by atoms with E-state index >= 15 is 0 Å². The summed E-state index contributed by atoms with van der Waals surface area (Å²) in [5.41, 5.74) is 0.688. The summed E-state index contributed by atoms with van der Waals surface area (Å²) in [6, 6.07) is 5.44. The Hall–Kier alpha value is -3.44. The molecule has 2 aliphatic rings. The molecule has 11 nitrogen and oxygen atoms in total. The summed E-state index contributed by atoms with van der Waals surface area (Å²) >= 11 is 0. The van der Waals surface area contributed by atoms with Gasteiger partial charge in [-0.05, 0) is 57.6 Å².